The Morgan fingerprint density at radius 1 is 0.821 bits per heavy atom. The van der Waals surface area contributed by atoms with Gasteiger partial charge in [-0.25, -0.2) is 14.0 Å². The van der Waals surface area contributed by atoms with Crippen LogP contribution < -0.4 is 5.32 Å². The summed E-state index contributed by atoms with van der Waals surface area (Å²) in [6, 6.07) is 5.82. The van der Waals surface area contributed by atoms with Crippen LogP contribution in [0.15, 0.2) is 24.3 Å². The van der Waals surface area contributed by atoms with Gasteiger partial charge in [-0.3, -0.25) is 9.59 Å². The first-order chi connectivity index (χ1) is 18.0. The maximum atomic E-state index is 13.1. The van der Waals surface area contributed by atoms with Crippen molar-refractivity contribution in [1.82, 2.24) is 9.80 Å². The van der Waals surface area contributed by atoms with Gasteiger partial charge < -0.3 is 29.7 Å². The molecule has 0 atom stereocenters. The fourth-order valence-electron chi connectivity index (χ4n) is 4.10. The number of ether oxygens (including phenoxy) is 2. The van der Waals surface area contributed by atoms with Crippen molar-refractivity contribution in [3.8, 4) is 0 Å². The van der Waals surface area contributed by atoms with Crippen LogP contribution in [0.3, 0.4) is 0 Å². The molecule has 0 bridgehead atoms. The highest BCUT2D eigenvalue weighted by Gasteiger charge is 2.31. The van der Waals surface area contributed by atoms with E-state index in [-0.39, 0.29) is 35.7 Å². The molecule has 10 nitrogen and oxygen atoms in total. The van der Waals surface area contributed by atoms with Crippen molar-refractivity contribution in [3.05, 3.63) is 30.1 Å². The molecule has 3 rings (SSSR count). The molecule has 1 aromatic rings. The molecule has 2 aliphatic heterocycles. The van der Waals surface area contributed by atoms with Crippen LogP contribution in [0, 0.1) is 17.7 Å². The Morgan fingerprint density at radius 2 is 1.26 bits per heavy atom. The lowest BCUT2D eigenvalue weighted by atomic mass is 9.96. The first kappa shape index (κ1) is 31.8. The van der Waals surface area contributed by atoms with E-state index < -0.39 is 17.2 Å². The highest BCUT2D eigenvalue weighted by molar-refractivity contribution is 5.92. The molecule has 0 radical (unpaired) electrons. The van der Waals surface area contributed by atoms with E-state index in [2.05, 4.69) is 5.32 Å². The predicted octanol–water partition coefficient (Wildman–Crippen LogP) is 5.13. The zero-order valence-corrected chi connectivity index (χ0v) is 23.8. The highest BCUT2D eigenvalue weighted by atomic mass is 19.1. The van der Waals surface area contributed by atoms with E-state index in [1.807, 2.05) is 41.5 Å². The molecular formula is C28H42FN3O7. The average Bonchev–Trinajstić information content (AvgIpc) is 2.82. The predicted molar refractivity (Wildman–Crippen MR) is 144 cm³/mol. The van der Waals surface area contributed by atoms with Gasteiger partial charge in [0.2, 0.25) is 5.91 Å². The van der Waals surface area contributed by atoms with E-state index in [4.69, 9.17) is 14.6 Å². The minimum atomic E-state index is -0.774. The molecular weight excluding hydrogens is 509 g/mol. The number of amides is 3. The molecule has 0 saturated carbocycles. The van der Waals surface area contributed by atoms with Crippen molar-refractivity contribution in [1.29, 1.82) is 0 Å². The lowest BCUT2D eigenvalue weighted by Crippen LogP contribution is -2.43. The van der Waals surface area contributed by atoms with Gasteiger partial charge >= 0.3 is 18.2 Å². The van der Waals surface area contributed by atoms with Gasteiger partial charge in [-0.1, -0.05) is 6.07 Å². The van der Waals surface area contributed by atoms with Gasteiger partial charge in [0, 0.05) is 37.8 Å². The van der Waals surface area contributed by atoms with Crippen LogP contribution >= 0.6 is 0 Å². The summed E-state index contributed by atoms with van der Waals surface area (Å²) in [6.07, 6.45) is 1.46. The zero-order chi connectivity index (χ0) is 29.4. The summed E-state index contributed by atoms with van der Waals surface area (Å²) in [6.45, 7) is 12.8. The number of nitrogens with zero attached hydrogens (tertiary/aromatic N) is 2. The molecule has 2 heterocycles. The molecule has 0 aliphatic carbocycles. The second kappa shape index (κ2) is 13.6. The van der Waals surface area contributed by atoms with E-state index in [0.29, 0.717) is 57.5 Å². The van der Waals surface area contributed by atoms with Gasteiger partial charge in [-0.05, 0) is 85.4 Å². The van der Waals surface area contributed by atoms with Crippen LogP contribution in [-0.2, 0) is 19.1 Å². The first-order valence-electron chi connectivity index (χ1n) is 13.3. The SMILES string of the molecule is CC(C)(C)OC(=O)N1CCC(C(=O)Nc2cccc(F)c2)CC1.CC(C)(C)OC(=O)N1CCC(C(=O)O)CC1. The molecule has 2 fully saturated rings. The molecule has 3 amide bonds. The lowest BCUT2D eigenvalue weighted by Gasteiger charge is -2.32. The Balaban J connectivity index is 0.000000293. The topological polar surface area (TPSA) is 125 Å². The van der Waals surface area contributed by atoms with Crippen molar-refractivity contribution in [2.24, 2.45) is 11.8 Å². The van der Waals surface area contributed by atoms with Gasteiger partial charge in [0.15, 0.2) is 0 Å². The summed E-state index contributed by atoms with van der Waals surface area (Å²) in [7, 11) is 0. The fraction of sp³-hybridized carbons (Fsp3) is 0.643. The van der Waals surface area contributed by atoms with Crippen LogP contribution in [0.4, 0.5) is 19.7 Å². The second-order valence-electron chi connectivity index (χ2n) is 11.8. The largest absolute Gasteiger partial charge is 0.481 e. The van der Waals surface area contributed by atoms with E-state index in [0.717, 1.165) is 0 Å². The van der Waals surface area contributed by atoms with Gasteiger partial charge in [0.25, 0.3) is 0 Å². The minimum absolute atomic E-state index is 0.139. The van der Waals surface area contributed by atoms with Crippen LogP contribution in [0.25, 0.3) is 0 Å². The fourth-order valence-corrected chi connectivity index (χ4v) is 4.10. The van der Waals surface area contributed by atoms with Crippen molar-refractivity contribution in [3.63, 3.8) is 0 Å². The third-order valence-corrected chi connectivity index (χ3v) is 6.11. The molecule has 1 aromatic carbocycles. The molecule has 0 unspecified atom stereocenters. The first-order valence-corrected chi connectivity index (χ1v) is 13.3. The Hall–Kier alpha value is -3.37. The minimum Gasteiger partial charge on any atom is -0.481 e. The number of halogens is 1. The van der Waals surface area contributed by atoms with Gasteiger partial charge in [0.1, 0.15) is 17.0 Å². The number of hydrogen-bond acceptors (Lipinski definition) is 6. The summed E-state index contributed by atoms with van der Waals surface area (Å²) in [5, 5.41) is 11.5. The van der Waals surface area contributed by atoms with Crippen LogP contribution in [0.2, 0.25) is 0 Å². The van der Waals surface area contributed by atoms with Crippen molar-refractivity contribution in [2.45, 2.75) is 78.4 Å². The average molecular weight is 552 g/mol. The molecule has 0 spiro atoms. The molecule has 2 N–H and O–H groups in total. The molecule has 2 aliphatic rings. The summed E-state index contributed by atoms with van der Waals surface area (Å²) < 4.78 is 23.7. The van der Waals surface area contributed by atoms with E-state index in [9.17, 15) is 23.6 Å². The van der Waals surface area contributed by atoms with Crippen molar-refractivity contribution in [2.75, 3.05) is 31.5 Å². The van der Waals surface area contributed by atoms with Crippen molar-refractivity contribution < 1.29 is 38.1 Å². The van der Waals surface area contributed by atoms with Crippen LogP contribution in [0.5, 0.6) is 0 Å². The van der Waals surface area contributed by atoms with Gasteiger partial charge in [0.05, 0.1) is 5.92 Å². The number of rotatable bonds is 3. The molecule has 39 heavy (non-hydrogen) atoms. The Kier molecular flexibility index (Phi) is 11.1. The smallest absolute Gasteiger partial charge is 0.410 e. The quantitative estimate of drug-likeness (QED) is 0.533. The van der Waals surface area contributed by atoms with E-state index in [1.54, 1.807) is 21.9 Å². The monoisotopic (exact) mass is 551 g/mol. The Bertz CT molecular complexity index is 1000. The van der Waals surface area contributed by atoms with E-state index in [1.165, 1.54) is 12.1 Å². The van der Waals surface area contributed by atoms with Crippen molar-refractivity contribution >= 4 is 29.8 Å². The number of aliphatic carboxylic acids is 1. The third-order valence-electron chi connectivity index (χ3n) is 6.11. The van der Waals surface area contributed by atoms with Gasteiger partial charge in [-0.15, -0.1) is 0 Å². The summed E-state index contributed by atoms with van der Waals surface area (Å²) in [5.41, 5.74) is -0.576. The Morgan fingerprint density at radius 3 is 1.64 bits per heavy atom. The standard InChI is InChI=1S/C17H23FN2O3.C11H19NO4/c1-17(2,3)23-16(22)20-9-7-12(8-10-20)15(21)19-14-6-4-5-13(18)11-14;1-11(2,3)16-10(15)12-6-4-8(5-7-12)9(13)14/h4-6,11-12H,7-10H2,1-3H3,(H,19,21);8H,4-7H2,1-3H3,(H,13,14). The van der Waals surface area contributed by atoms with Gasteiger partial charge in [-0.2, -0.15) is 0 Å². The molecule has 218 valence electrons. The number of carbonyl (C=O) groups excluding carboxylic acids is 3. The summed E-state index contributed by atoms with van der Waals surface area (Å²) in [4.78, 5) is 49.8. The molecule has 0 aromatic heterocycles. The number of carboxylic acids is 1. The van der Waals surface area contributed by atoms with Crippen LogP contribution in [0.1, 0.15) is 67.2 Å². The number of likely N-dealkylation sites (tertiary alicyclic amines) is 2. The maximum Gasteiger partial charge on any atom is 0.410 e. The summed E-state index contributed by atoms with van der Waals surface area (Å²) >= 11 is 0. The third kappa shape index (κ3) is 11.5. The maximum absolute atomic E-state index is 13.1. The normalized spacial score (nSPS) is 17.0. The Labute approximate surface area is 229 Å². The number of nitrogens with one attached hydrogen (secondary N) is 1. The number of benzene rings is 1. The number of piperidine rings is 2. The molecule has 11 heteroatoms. The number of anilines is 1. The van der Waals surface area contributed by atoms with Crippen LogP contribution in [-0.4, -0.2) is 76.4 Å². The summed E-state index contributed by atoms with van der Waals surface area (Å²) in [5.74, 6) is -1.80. The zero-order valence-electron chi connectivity index (χ0n) is 23.8. The highest BCUT2D eigenvalue weighted by Crippen LogP contribution is 2.22. The number of carboxylic acid groups (broad SMARTS) is 1. The molecule has 2 saturated heterocycles. The lowest BCUT2D eigenvalue weighted by molar-refractivity contribution is -0.143. The number of carbonyl (C=O) groups is 4. The second-order valence-corrected chi connectivity index (χ2v) is 11.8. The van der Waals surface area contributed by atoms with E-state index >= 15 is 0 Å². The number of hydrogen-bond donors (Lipinski definition) is 2.